The van der Waals surface area contributed by atoms with Gasteiger partial charge in [-0.25, -0.2) is 4.68 Å². The molecule has 3 aromatic rings. The van der Waals surface area contributed by atoms with Gasteiger partial charge in [-0.05, 0) is 12.8 Å². The summed E-state index contributed by atoms with van der Waals surface area (Å²) in [6.07, 6.45) is 6.77. The fourth-order valence-corrected chi connectivity index (χ4v) is 3.07. The minimum Gasteiger partial charge on any atom is -0.364 e. The van der Waals surface area contributed by atoms with Gasteiger partial charge in [-0.2, -0.15) is 10.1 Å². The molecule has 0 aromatic carbocycles. The topological polar surface area (TPSA) is 92.8 Å². The molecule has 4 rings (SSSR count). The molecule has 1 saturated heterocycles. The van der Waals surface area contributed by atoms with Crippen LogP contribution in [0.3, 0.4) is 0 Å². The highest BCUT2D eigenvalue weighted by atomic mass is 16.5. The van der Waals surface area contributed by atoms with E-state index < -0.39 is 0 Å². The lowest BCUT2D eigenvalue weighted by molar-refractivity contribution is 0.405. The van der Waals surface area contributed by atoms with E-state index in [1.54, 1.807) is 17.0 Å². The van der Waals surface area contributed by atoms with Crippen LogP contribution in [-0.2, 0) is 6.54 Å². The van der Waals surface area contributed by atoms with Crippen LogP contribution in [0.1, 0.15) is 24.6 Å². The van der Waals surface area contributed by atoms with E-state index in [2.05, 4.69) is 31.7 Å². The Balaban J connectivity index is 1.80. The molecule has 1 aliphatic heterocycles. The summed E-state index contributed by atoms with van der Waals surface area (Å²) < 4.78 is 6.62. The summed E-state index contributed by atoms with van der Waals surface area (Å²) in [5.74, 6) is 0.541. The summed E-state index contributed by atoms with van der Waals surface area (Å²) in [7, 11) is 0. The molecule has 118 valence electrons. The third kappa shape index (κ3) is 2.23. The number of hydrogen-bond donors (Lipinski definition) is 1. The highest BCUT2D eigenvalue weighted by Crippen LogP contribution is 2.33. The first-order valence-electron chi connectivity index (χ1n) is 7.51. The van der Waals surface area contributed by atoms with Crippen molar-refractivity contribution in [2.24, 2.45) is 0 Å². The van der Waals surface area contributed by atoms with E-state index in [9.17, 15) is 4.79 Å². The number of rotatable bonds is 4. The van der Waals surface area contributed by atoms with Crippen LogP contribution in [0.15, 0.2) is 40.5 Å². The van der Waals surface area contributed by atoms with Gasteiger partial charge in [0, 0.05) is 12.6 Å². The van der Waals surface area contributed by atoms with Gasteiger partial charge >= 0.3 is 0 Å². The monoisotopic (exact) mass is 312 g/mol. The van der Waals surface area contributed by atoms with Crippen LogP contribution in [0, 0.1) is 0 Å². The smallest absolute Gasteiger partial charge is 0.263 e. The minimum atomic E-state index is -0.189. The third-order valence-corrected chi connectivity index (χ3v) is 4.12. The van der Waals surface area contributed by atoms with Crippen molar-refractivity contribution in [3.8, 4) is 0 Å². The highest BCUT2D eigenvalue weighted by Gasteiger charge is 2.30. The van der Waals surface area contributed by atoms with Crippen LogP contribution in [-0.4, -0.2) is 31.4 Å². The molecule has 1 atom stereocenters. The first-order valence-corrected chi connectivity index (χ1v) is 7.51. The largest absolute Gasteiger partial charge is 0.364 e. The summed E-state index contributed by atoms with van der Waals surface area (Å²) in [6, 6.07) is 1.91. The Morgan fingerprint density at radius 2 is 2.43 bits per heavy atom. The minimum absolute atomic E-state index is 0.0603. The Hall–Kier alpha value is -2.90. The second-order valence-electron chi connectivity index (χ2n) is 5.52. The molecule has 0 radical (unpaired) electrons. The number of anilines is 1. The van der Waals surface area contributed by atoms with Crippen molar-refractivity contribution in [2.75, 3.05) is 11.4 Å². The Kier molecular flexibility index (Phi) is 3.22. The predicted molar refractivity (Wildman–Crippen MR) is 84.2 cm³/mol. The van der Waals surface area contributed by atoms with E-state index in [4.69, 9.17) is 4.52 Å². The maximum Gasteiger partial charge on any atom is 0.263 e. The summed E-state index contributed by atoms with van der Waals surface area (Å²) >= 11 is 0. The van der Waals surface area contributed by atoms with Crippen LogP contribution in [0.2, 0.25) is 0 Å². The molecule has 0 aliphatic carbocycles. The van der Waals surface area contributed by atoms with Crippen molar-refractivity contribution < 1.29 is 4.52 Å². The lowest BCUT2D eigenvalue weighted by Gasteiger charge is -2.23. The Labute approximate surface area is 131 Å². The molecule has 1 fully saturated rings. The normalized spacial score (nSPS) is 17.9. The van der Waals surface area contributed by atoms with E-state index in [1.807, 2.05) is 6.07 Å². The molecule has 4 heterocycles. The molecule has 0 amide bonds. The summed E-state index contributed by atoms with van der Waals surface area (Å²) in [6.45, 7) is 5.02. The zero-order valence-electron chi connectivity index (χ0n) is 12.5. The van der Waals surface area contributed by atoms with Crippen molar-refractivity contribution in [1.29, 1.82) is 0 Å². The van der Waals surface area contributed by atoms with E-state index in [0.717, 1.165) is 25.1 Å². The number of allylic oxidation sites excluding steroid dienone is 1. The van der Waals surface area contributed by atoms with Gasteiger partial charge < -0.3 is 9.42 Å². The average Bonchev–Trinajstić information content (AvgIpc) is 3.28. The van der Waals surface area contributed by atoms with Crippen molar-refractivity contribution >= 4 is 17.0 Å². The molecule has 1 N–H and O–H groups in total. The summed E-state index contributed by atoms with van der Waals surface area (Å²) in [5.41, 5.74) is 1.23. The molecular formula is C15H16N6O2. The number of nitrogens with one attached hydrogen (secondary N) is 1. The molecule has 3 aromatic heterocycles. The zero-order valence-corrected chi connectivity index (χ0v) is 12.5. The van der Waals surface area contributed by atoms with Gasteiger partial charge in [0.1, 0.15) is 17.3 Å². The SMILES string of the molecule is C=CCn1ncc2c(=O)[nH]c(N3CCC[C@H]3c3ccon3)nc21. The van der Waals surface area contributed by atoms with Gasteiger partial charge in [0.2, 0.25) is 5.95 Å². The lowest BCUT2D eigenvalue weighted by atomic mass is 10.1. The van der Waals surface area contributed by atoms with Crippen LogP contribution in [0.25, 0.3) is 11.0 Å². The maximum atomic E-state index is 12.3. The number of aromatic nitrogens is 5. The molecule has 23 heavy (non-hydrogen) atoms. The van der Waals surface area contributed by atoms with E-state index in [1.165, 1.54) is 6.20 Å². The number of nitrogens with zero attached hydrogens (tertiary/aromatic N) is 5. The average molecular weight is 312 g/mol. The van der Waals surface area contributed by atoms with Crippen LogP contribution < -0.4 is 10.5 Å². The Morgan fingerprint density at radius 1 is 1.52 bits per heavy atom. The van der Waals surface area contributed by atoms with E-state index in [0.29, 0.717) is 23.5 Å². The zero-order chi connectivity index (χ0) is 15.8. The maximum absolute atomic E-state index is 12.3. The van der Waals surface area contributed by atoms with Gasteiger partial charge in [0.15, 0.2) is 5.65 Å². The van der Waals surface area contributed by atoms with Gasteiger partial charge in [0.25, 0.3) is 5.56 Å². The summed E-state index contributed by atoms with van der Waals surface area (Å²) in [5, 5.41) is 8.71. The Morgan fingerprint density at radius 3 is 3.22 bits per heavy atom. The van der Waals surface area contributed by atoms with Crippen molar-refractivity contribution in [2.45, 2.75) is 25.4 Å². The second kappa shape index (κ2) is 5.38. The van der Waals surface area contributed by atoms with Crippen molar-refractivity contribution in [3.05, 3.63) is 47.2 Å². The van der Waals surface area contributed by atoms with Gasteiger partial charge in [-0.1, -0.05) is 11.2 Å². The van der Waals surface area contributed by atoms with E-state index in [-0.39, 0.29) is 11.6 Å². The standard InChI is InChI=1S/C15H16N6O2/c1-2-6-21-13-10(9-16-21)14(22)18-15(17-13)20-7-3-4-12(20)11-5-8-23-19-11/h2,5,8-9,12H,1,3-4,6-7H2,(H,17,18,22)/t12-/m0/s1. The molecule has 0 unspecified atom stereocenters. The van der Waals surface area contributed by atoms with Crippen LogP contribution >= 0.6 is 0 Å². The molecule has 8 heteroatoms. The molecule has 0 bridgehead atoms. The summed E-state index contributed by atoms with van der Waals surface area (Å²) in [4.78, 5) is 21.9. The first-order chi connectivity index (χ1) is 11.3. The van der Waals surface area contributed by atoms with Crippen LogP contribution in [0.4, 0.5) is 5.95 Å². The number of H-pyrrole nitrogens is 1. The fourth-order valence-electron chi connectivity index (χ4n) is 3.07. The number of fused-ring (bicyclic) bond motifs is 1. The lowest BCUT2D eigenvalue weighted by Crippen LogP contribution is -2.27. The van der Waals surface area contributed by atoms with Gasteiger partial charge in [-0.15, -0.1) is 6.58 Å². The second-order valence-corrected chi connectivity index (χ2v) is 5.52. The number of aromatic amines is 1. The first kappa shape index (κ1) is 13.7. The van der Waals surface area contributed by atoms with Crippen molar-refractivity contribution in [1.82, 2.24) is 24.9 Å². The molecule has 0 spiro atoms. The molecule has 8 nitrogen and oxygen atoms in total. The molecular weight excluding hydrogens is 296 g/mol. The van der Waals surface area contributed by atoms with E-state index >= 15 is 0 Å². The molecule has 1 aliphatic rings. The van der Waals surface area contributed by atoms with Gasteiger partial charge in [0.05, 0.1) is 18.8 Å². The highest BCUT2D eigenvalue weighted by molar-refractivity contribution is 5.74. The Bertz CT molecular complexity index is 894. The quantitative estimate of drug-likeness (QED) is 0.736. The fraction of sp³-hybridized carbons (Fsp3) is 0.333. The third-order valence-electron chi connectivity index (χ3n) is 4.12. The van der Waals surface area contributed by atoms with Crippen molar-refractivity contribution in [3.63, 3.8) is 0 Å². The number of hydrogen-bond acceptors (Lipinski definition) is 6. The molecule has 0 saturated carbocycles. The van der Waals surface area contributed by atoms with Crippen LogP contribution in [0.5, 0.6) is 0 Å². The predicted octanol–water partition coefficient (Wildman–Crippen LogP) is 1.64. The van der Waals surface area contributed by atoms with Gasteiger partial charge in [-0.3, -0.25) is 9.78 Å².